The number of hydrogen-bond acceptors (Lipinski definition) is 6. The van der Waals surface area contributed by atoms with Crippen molar-refractivity contribution in [3.8, 4) is 11.3 Å². The minimum atomic E-state index is 0.118. The van der Waals surface area contributed by atoms with Crippen LogP contribution in [0, 0.1) is 13.8 Å². The number of amides is 1. The fourth-order valence-corrected chi connectivity index (χ4v) is 6.04. The van der Waals surface area contributed by atoms with Crippen molar-refractivity contribution < 1.29 is 4.79 Å². The topological polar surface area (TPSA) is 85.7 Å². The number of likely N-dealkylation sites (N-methyl/N-ethyl adjacent to an activating group) is 1. The second-order valence-corrected chi connectivity index (χ2v) is 11.6. The molecule has 2 atom stereocenters. The van der Waals surface area contributed by atoms with Crippen LogP contribution in [0.5, 0.6) is 0 Å². The molecular weight excluding hydrogens is 488 g/mol. The van der Waals surface area contributed by atoms with Gasteiger partial charge in [-0.1, -0.05) is 20.8 Å². The van der Waals surface area contributed by atoms with Gasteiger partial charge >= 0.3 is 0 Å². The molecule has 208 valence electrons. The summed E-state index contributed by atoms with van der Waals surface area (Å²) in [5.41, 5.74) is 8.67. The summed E-state index contributed by atoms with van der Waals surface area (Å²) in [4.78, 5) is 32.9. The number of hydrogen-bond donors (Lipinski definition) is 1. The minimum absolute atomic E-state index is 0.118. The standard InChI is InChI=1S/C30H42N8O/c1-9-12-35(8)16-26(39)37-14-19(4)36(13-20(37)5)25-11-10-24-29(34-25)27(18(2)3)28(33-24)23-15-38-30(31-17-32-38)22(7)21(23)6/h10-11,15,17-20,33H,9,12-14,16H2,1-8H3/t19-,20+/m0/s1. The third-order valence-electron chi connectivity index (χ3n) is 8.25. The van der Waals surface area contributed by atoms with Gasteiger partial charge in [-0.05, 0) is 76.9 Å². The van der Waals surface area contributed by atoms with E-state index in [9.17, 15) is 4.79 Å². The van der Waals surface area contributed by atoms with Crippen LogP contribution in [0.1, 0.15) is 63.6 Å². The molecule has 39 heavy (non-hydrogen) atoms. The lowest BCUT2D eigenvalue weighted by molar-refractivity contribution is -0.135. The number of nitrogens with zero attached hydrogens (tertiary/aromatic N) is 7. The van der Waals surface area contributed by atoms with Gasteiger partial charge in [0.05, 0.1) is 23.3 Å². The summed E-state index contributed by atoms with van der Waals surface area (Å²) in [6, 6.07) is 4.55. The average molecular weight is 531 g/mol. The smallest absolute Gasteiger partial charge is 0.237 e. The van der Waals surface area contributed by atoms with Crippen molar-refractivity contribution in [1.82, 2.24) is 34.4 Å². The maximum atomic E-state index is 13.1. The Hall–Kier alpha value is -3.46. The summed E-state index contributed by atoms with van der Waals surface area (Å²) in [6.07, 6.45) is 4.72. The van der Waals surface area contributed by atoms with Gasteiger partial charge in [0.1, 0.15) is 12.1 Å². The highest BCUT2D eigenvalue weighted by molar-refractivity contribution is 5.90. The molecule has 4 aromatic rings. The zero-order chi connectivity index (χ0) is 28.0. The van der Waals surface area contributed by atoms with Crippen LogP contribution in [-0.4, -0.2) is 85.6 Å². The molecular formula is C30H42N8O. The van der Waals surface area contributed by atoms with E-state index in [0.29, 0.717) is 13.1 Å². The second kappa shape index (κ2) is 10.6. The van der Waals surface area contributed by atoms with Gasteiger partial charge in [0, 0.05) is 42.5 Å². The molecule has 5 heterocycles. The number of aromatic amines is 1. The highest BCUT2D eigenvalue weighted by Gasteiger charge is 2.33. The lowest BCUT2D eigenvalue weighted by atomic mass is 9.95. The van der Waals surface area contributed by atoms with Crippen LogP contribution in [0.25, 0.3) is 27.9 Å². The predicted molar refractivity (Wildman–Crippen MR) is 157 cm³/mol. The molecule has 1 aliphatic heterocycles. The Balaban J connectivity index is 1.48. The van der Waals surface area contributed by atoms with Gasteiger partial charge in [0.25, 0.3) is 0 Å². The highest BCUT2D eigenvalue weighted by Crippen LogP contribution is 2.38. The maximum Gasteiger partial charge on any atom is 0.237 e. The molecule has 0 bridgehead atoms. The summed E-state index contributed by atoms with van der Waals surface area (Å²) in [6.45, 7) is 18.0. The van der Waals surface area contributed by atoms with Crippen LogP contribution in [0.4, 0.5) is 5.82 Å². The summed E-state index contributed by atoms with van der Waals surface area (Å²) in [7, 11) is 2.02. The number of aromatic nitrogens is 5. The Kier molecular flexibility index (Phi) is 7.37. The first kappa shape index (κ1) is 27.1. The number of piperazine rings is 1. The van der Waals surface area contributed by atoms with Crippen molar-refractivity contribution in [2.75, 3.05) is 38.1 Å². The van der Waals surface area contributed by atoms with Gasteiger partial charge in [0.15, 0.2) is 5.65 Å². The van der Waals surface area contributed by atoms with E-state index in [2.05, 4.69) is 91.7 Å². The third-order valence-corrected chi connectivity index (χ3v) is 8.25. The summed E-state index contributed by atoms with van der Waals surface area (Å²) >= 11 is 0. The average Bonchev–Trinajstić information content (AvgIpc) is 3.51. The molecule has 1 N–H and O–H groups in total. The fourth-order valence-electron chi connectivity index (χ4n) is 6.04. The monoisotopic (exact) mass is 530 g/mol. The molecule has 9 heteroatoms. The zero-order valence-electron chi connectivity index (χ0n) is 24.6. The zero-order valence-corrected chi connectivity index (χ0v) is 24.6. The number of anilines is 1. The lowest BCUT2D eigenvalue weighted by Gasteiger charge is -2.45. The first-order valence-corrected chi connectivity index (χ1v) is 14.2. The maximum absolute atomic E-state index is 13.1. The number of pyridine rings is 2. The molecule has 0 saturated carbocycles. The number of nitrogens with one attached hydrogen (secondary N) is 1. The van der Waals surface area contributed by atoms with Crippen molar-refractivity contribution >= 4 is 28.4 Å². The van der Waals surface area contributed by atoms with Crippen LogP contribution >= 0.6 is 0 Å². The van der Waals surface area contributed by atoms with E-state index in [-0.39, 0.29) is 23.9 Å². The number of rotatable bonds is 7. The van der Waals surface area contributed by atoms with E-state index >= 15 is 0 Å². The van der Waals surface area contributed by atoms with Gasteiger partial charge in [-0.3, -0.25) is 9.69 Å². The molecule has 9 nitrogen and oxygen atoms in total. The Bertz CT molecular complexity index is 1500. The van der Waals surface area contributed by atoms with Crippen molar-refractivity contribution in [2.24, 2.45) is 0 Å². The van der Waals surface area contributed by atoms with Gasteiger partial charge in [-0.15, -0.1) is 0 Å². The van der Waals surface area contributed by atoms with Crippen LogP contribution < -0.4 is 4.90 Å². The number of carbonyl (C=O) groups excluding carboxylic acids is 1. The van der Waals surface area contributed by atoms with Gasteiger partial charge < -0.3 is 14.8 Å². The number of carbonyl (C=O) groups is 1. The van der Waals surface area contributed by atoms with Gasteiger partial charge in [-0.2, -0.15) is 5.10 Å². The van der Waals surface area contributed by atoms with Crippen LogP contribution in [-0.2, 0) is 4.79 Å². The predicted octanol–water partition coefficient (Wildman–Crippen LogP) is 4.78. The molecule has 0 unspecified atom stereocenters. The number of fused-ring (bicyclic) bond motifs is 2. The molecule has 1 aliphatic rings. The third kappa shape index (κ3) is 4.88. The number of aryl methyl sites for hydroxylation is 1. The molecule has 0 aliphatic carbocycles. The first-order valence-electron chi connectivity index (χ1n) is 14.2. The number of H-pyrrole nitrogens is 1. The largest absolute Gasteiger partial charge is 0.353 e. The van der Waals surface area contributed by atoms with E-state index in [1.165, 1.54) is 11.1 Å². The van der Waals surface area contributed by atoms with Crippen molar-refractivity contribution in [2.45, 2.75) is 72.9 Å². The van der Waals surface area contributed by atoms with Crippen molar-refractivity contribution in [1.29, 1.82) is 0 Å². The quantitative estimate of drug-likeness (QED) is 0.370. The van der Waals surface area contributed by atoms with Crippen LogP contribution in [0.15, 0.2) is 24.7 Å². The molecule has 1 fully saturated rings. The lowest BCUT2D eigenvalue weighted by Crippen LogP contribution is -2.59. The van der Waals surface area contributed by atoms with Crippen molar-refractivity contribution in [3.05, 3.63) is 41.3 Å². The Labute approximate surface area is 231 Å². The van der Waals surface area contributed by atoms with Gasteiger partial charge in [-0.25, -0.2) is 14.5 Å². The molecule has 5 rings (SSSR count). The van der Waals surface area contributed by atoms with E-state index in [1.807, 2.05) is 16.5 Å². The summed E-state index contributed by atoms with van der Waals surface area (Å²) in [5.74, 6) is 1.44. The first-order chi connectivity index (χ1) is 18.6. The molecule has 4 aromatic heterocycles. The van der Waals surface area contributed by atoms with Crippen molar-refractivity contribution in [3.63, 3.8) is 0 Å². The highest BCUT2D eigenvalue weighted by atomic mass is 16.2. The summed E-state index contributed by atoms with van der Waals surface area (Å²) in [5, 5.41) is 4.41. The van der Waals surface area contributed by atoms with E-state index < -0.39 is 0 Å². The molecule has 1 amide bonds. The van der Waals surface area contributed by atoms with Crippen LogP contribution in [0.2, 0.25) is 0 Å². The molecule has 0 radical (unpaired) electrons. The minimum Gasteiger partial charge on any atom is -0.353 e. The Morgan fingerprint density at radius 1 is 1.15 bits per heavy atom. The molecule has 1 saturated heterocycles. The SMILES string of the molecule is CCCN(C)CC(=O)N1C[C@H](C)N(c2ccc3[nH]c(-c4cn5ncnc5c(C)c4C)c(C(C)C)c3n2)C[C@H]1C. The second-order valence-electron chi connectivity index (χ2n) is 11.6. The van der Waals surface area contributed by atoms with E-state index in [1.54, 1.807) is 6.33 Å². The van der Waals surface area contributed by atoms with E-state index in [4.69, 9.17) is 4.98 Å². The van der Waals surface area contributed by atoms with Crippen LogP contribution in [0.3, 0.4) is 0 Å². The Morgan fingerprint density at radius 3 is 2.64 bits per heavy atom. The fraction of sp³-hybridized carbons (Fsp3) is 0.533. The normalized spacial score (nSPS) is 18.3. The van der Waals surface area contributed by atoms with Gasteiger partial charge in [0.2, 0.25) is 5.91 Å². The summed E-state index contributed by atoms with van der Waals surface area (Å²) < 4.78 is 1.86. The Morgan fingerprint density at radius 2 is 1.92 bits per heavy atom. The van der Waals surface area contributed by atoms with E-state index in [0.717, 1.165) is 58.8 Å². The molecule has 0 spiro atoms. The molecule has 0 aromatic carbocycles.